The van der Waals surface area contributed by atoms with E-state index in [1.807, 2.05) is 4.90 Å². The van der Waals surface area contributed by atoms with Gasteiger partial charge < -0.3 is 15.0 Å². The number of ether oxygens (including phenoxy) is 1. The minimum Gasteiger partial charge on any atom is -0.489 e. The van der Waals surface area contributed by atoms with Gasteiger partial charge in [0.2, 0.25) is 11.6 Å². The van der Waals surface area contributed by atoms with Crippen molar-refractivity contribution in [2.45, 2.75) is 69.7 Å². The molecule has 0 spiro atoms. The number of aromatic nitrogens is 1. The maximum Gasteiger partial charge on any atom is 0.416 e. The van der Waals surface area contributed by atoms with E-state index in [2.05, 4.69) is 15.3 Å². The number of piperidine rings is 1. The molecular formula is C32H33F3N7O3+. The van der Waals surface area contributed by atoms with E-state index >= 15 is 0 Å². The monoisotopic (exact) mass is 620 g/mol. The lowest BCUT2D eigenvalue weighted by Crippen LogP contribution is -2.53. The topological polar surface area (TPSA) is 122 Å². The van der Waals surface area contributed by atoms with E-state index in [1.54, 1.807) is 36.8 Å². The molecule has 13 heteroatoms. The van der Waals surface area contributed by atoms with Crippen LogP contribution in [0.25, 0.3) is 0 Å². The van der Waals surface area contributed by atoms with Crippen LogP contribution >= 0.6 is 0 Å². The average Bonchev–Trinajstić information content (AvgIpc) is 3.74. The van der Waals surface area contributed by atoms with Crippen LogP contribution in [-0.4, -0.2) is 57.0 Å². The Bertz CT molecular complexity index is 1680. The molecule has 2 aromatic rings. The summed E-state index contributed by atoms with van der Waals surface area (Å²) in [5.41, 5.74) is 1.36. The number of anilines is 1. The fourth-order valence-electron chi connectivity index (χ4n) is 6.97. The number of amides is 2. The first-order valence-electron chi connectivity index (χ1n) is 15.3. The fourth-order valence-corrected chi connectivity index (χ4v) is 6.97. The van der Waals surface area contributed by atoms with Crippen molar-refractivity contribution in [3.8, 4) is 5.75 Å². The van der Waals surface area contributed by atoms with E-state index in [0.717, 1.165) is 69.0 Å². The van der Waals surface area contributed by atoms with Crippen LogP contribution in [0.2, 0.25) is 0 Å². The Morgan fingerprint density at radius 3 is 2.71 bits per heavy atom. The molecule has 5 aliphatic rings. The molecule has 10 nitrogen and oxygen atoms in total. The van der Waals surface area contributed by atoms with Gasteiger partial charge in [-0.15, -0.1) is 4.59 Å². The molecule has 1 saturated carbocycles. The summed E-state index contributed by atoms with van der Waals surface area (Å²) in [5, 5.41) is 2.47. The molecule has 3 atom stereocenters. The number of halogens is 3. The molecule has 0 radical (unpaired) electrons. The first kappa shape index (κ1) is 29.4. The molecule has 2 saturated heterocycles. The highest BCUT2D eigenvalue weighted by Gasteiger charge is 2.49. The van der Waals surface area contributed by atoms with Crippen molar-refractivity contribution < 1.29 is 32.1 Å². The van der Waals surface area contributed by atoms with Gasteiger partial charge in [-0.05, 0) is 75.3 Å². The zero-order chi connectivity index (χ0) is 31.3. The van der Waals surface area contributed by atoms with E-state index in [4.69, 9.17) is 15.6 Å². The van der Waals surface area contributed by atoms with Crippen LogP contribution in [0.4, 0.5) is 19.0 Å². The molecule has 45 heavy (non-hydrogen) atoms. The number of quaternary nitrogens is 1. The van der Waals surface area contributed by atoms with Crippen LogP contribution in [0.5, 0.6) is 5.75 Å². The number of carbonyl (C=O) groups excluding carboxylic acids is 2. The highest BCUT2D eigenvalue weighted by Crippen LogP contribution is 2.42. The smallest absolute Gasteiger partial charge is 0.416 e. The van der Waals surface area contributed by atoms with Crippen molar-refractivity contribution in [1.82, 2.24) is 9.88 Å². The predicted molar refractivity (Wildman–Crippen MR) is 160 cm³/mol. The zero-order valence-electron chi connectivity index (χ0n) is 24.5. The minimum absolute atomic E-state index is 0.0148. The van der Waals surface area contributed by atoms with Crippen LogP contribution < -0.4 is 15.9 Å². The van der Waals surface area contributed by atoms with Crippen molar-refractivity contribution in [3.63, 3.8) is 0 Å². The van der Waals surface area contributed by atoms with Gasteiger partial charge in [0.1, 0.15) is 29.0 Å². The Morgan fingerprint density at radius 2 is 1.91 bits per heavy atom. The Morgan fingerprint density at radius 1 is 1.09 bits per heavy atom. The lowest BCUT2D eigenvalue weighted by atomic mass is 9.90. The molecular weight excluding hydrogens is 587 g/mol. The summed E-state index contributed by atoms with van der Waals surface area (Å²) in [6.07, 6.45) is 8.42. The molecule has 2 amide bonds. The first-order chi connectivity index (χ1) is 21.6. The summed E-state index contributed by atoms with van der Waals surface area (Å²) < 4.78 is 45.9. The number of hydrogen-bond acceptors (Lipinski definition) is 7. The van der Waals surface area contributed by atoms with Crippen LogP contribution in [0, 0.1) is 5.92 Å². The summed E-state index contributed by atoms with van der Waals surface area (Å²) in [6.45, 7) is 0.574. The van der Waals surface area contributed by atoms with Crippen molar-refractivity contribution >= 4 is 29.7 Å². The molecule has 3 fully saturated rings. The third-order valence-corrected chi connectivity index (χ3v) is 9.34. The highest BCUT2D eigenvalue weighted by atomic mass is 19.4. The standard InChI is InChI=1S/C32H32F3N7O3/c33-32(34,35)21-11-12-38-27(16-21)39-31(44)19-6-9-24(26(15-19)45-23-3-1-2-4-23)30-40-29(25-17-37-13-14-42(25,30)36)20-5-7-22-8-10-28(43)41(22)18-20/h6,9,11-17,20,22-23H,1-5,7-8,10,18,36H2/p+1/t20-,22+,42?/m1/s1. The number of nitrogens with zero attached hydrogens (tertiary/aromatic N) is 5. The molecule has 7 rings (SSSR count). The highest BCUT2D eigenvalue weighted by molar-refractivity contribution is 6.07. The summed E-state index contributed by atoms with van der Waals surface area (Å²) in [7, 11) is 0. The van der Waals surface area contributed by atoms with Gasteiger partial charge in [0.05, 0.1) is 24.1 Å². The Labute approximate surface area is 257 Å². The third-order valence-electron chi connectivity index (χ3n) is 9.34. The number of benzene rings is 1. The van der Waals surface area contributed by atoms with Gasteiger partial charge in [-0.25, -0.2) is 4.98 Å². The molecule has 5 heterocycles. The van der Waals surface area contributed by atoms with Crippen molar-refractivity contribution in [3.05, 3.63) is 77.0 Å². The third kappa shape index (κ3) is 5.44. The number of nitrogens with one attached hydrogen (secondary N) is 1. The average molecular weight is 621 g/mol. The maximum atomic E-state index is 13.2. The molecule has 234 valence electrons. The fraction of sp³-hybridized carbons (Fsp3) is 0.406. The van der Waals surface area contributed by atoms with E-state index < -0.39 is 17.6 Å². The van der Waals surface area contributed by atoms with E-state index in [9.17, 15) is 22.8 Å². The Kier molecular flexibility index (Phi) is 7.32. The number of carbonyl (C=O) groups is 2. The van der Waals surface area contributed by atoms with E-state index in [0.29, 0.717) is 35.8 Å². The molecule has 1 unspecified atom stereocenters. The second-order valence-electron chi connectivity index (χ2n) is 12.2. The van der Waals surface area contributed by atoms with Crippen LogP contribution in [0.15, 0.2) is 70.3 Å². The van der Waals surface area contributed by atoms with Gasteiger partial charge in [-0.2, -0.15) is 24.0 Å². The number of nitrogens with two attached hydrogens (primary N) is 1. The normalized spacial score (nSPS) is 26.3. The van der Waals surface area contributed by atoms with E-state index in [-0.39, 0.29) is 39.9 Å². The maximum absolute atomic E-state index is 13.2. The Balaban J connectivity index is 1.23. The van der Waals surface area contributed by atoms with Gasteiger partial charge in [0, 0.05) is 36.7 Å². The van der Waals surface area contributed by atoms with Gasteiger partial charge in [-0.3, -0.25) is 14.6 Å². The van der Waals surface area contributed by atoms with Crippen LogP contribution in [0.1, 0.15) is 72.9 Å². The summed E-state index contributed by atoms with van der Waals surface area (Å²) in [4.78, 5) is 41.1. The summed E-state index contributed by atoms with van der Waals surface area (Å²) in [5.74, 6) is 7.26. The minimum atomic E-state index is -4.57. The Hall–Kier alpha value is -4.36. The van der Waals surface area contributed by atoms with Gasteiger partial charge in [0.15, 0.2) is 0 Å². The number of aliphatic imine (C=N–C) groups is 2. The number of amidine groups is 1. The first-order valence-corrected chi connectivity index (χ1v) is 15.3. The molecule has 4 aliphatic heterocycles. The van der Waals surface area contributed by atoms with Crippen LogP contribution in [0.3, 0.4) is 0 Å². The number of hydrogen-bond donors (Lipinski definition) is 2. The van der Waals surface area contributed by atoms with Gasteiger partial charge >= 0.3 is 6.18 Å². The largest absolute Gasteiger partial charge is 0.489 e. The second kappa shape index (κ2) is 11.2. The van der Waals surface area contributed by atoms with Gasteiger partial charge in [-0.1, -0.05) is 0 Å². The van der Waals surface area contributed by atoms with Crippen molar-refractivity contribution in [2.75, 3.05) is 11.9 Å². The summed E-state index contributed by atoms with van der Waals surface area (Å²) in [6, 6.07) is 6.78. The molecule has 1 aliphatic carbocycles. The van der Waals surface area contributed by atoms with Crippen molar-refractivity contribution in [2.24, 2.45) is 21.7 Å². The molecule has 3 N–H and O–H groups in total. The lowest BCUT2D eigenvalue weighted by Gasteiger charge is -2.35. The number of allylic oxidation sites excluding steroid dienone is 1. The SMILES string of the molecule is N[N+]12C=CN=CC1=C([C@@H]1CC[C@H]3CCC(=O)N3C1)N=C2c1ccc(C(=O)Nc2cc(C(F)(F)F)ccn2)cc1OC1CCCC1. The lowest BCUT2D eigenvalue weighted by molar-refractivity contribution is -0.750. The zero-order valence-corrected chi connectivity index (χ0v) is 24.5. The number of alkyl halides is 3. The molecule has 1 aromatic carbocycles. The van der Waals surface area contributed by atoms with Crippen LogP contribution in [-0.2, 0) is 11.0 Å². The summed E-state index contributed by atoms with van der Waals surface area (Å²) >= 11 is 0. The number of rotatable bonds is 6. The number of fused-ring (bicyclic) bond motifs is 2. The quantitative estimate of drug-likeness (QED) is 0.336. The van der Waals surface area contributed by atoms with Gasteiger partial charge in [0.25, 0.3) is 11.7 Å². The second-order valence-corrected chi connectivity index (χ2v) is 12.2. The predicted octanol–water partition coefficient (Wildman–Crippen LogP) is 5.29. The molecule has 1 aromatic heterocycles. The molecule has 0 bridgehead atoms. The van der Waals surface area contributed by atoms with Crippen molar-refractivity contribution in [1.29, 1.82) is 0 Å². The van der Waals surface area contributed by atoms with E-state index in [1.165, 1.54) is 0 Å². The number of pyridine rings is 1.